The molecule has 1 aromatic rings. The van der Waals surface area contributed by atoms with Crippen molar-refractivity contribution < 1.29 is 9.53 Å². The second-order valence-electron chi connectivity index (χ2n) is 6.37. The quantitative estimate of drug-likeness (QED) is 0.837. The van der Waals surface area contributed by atoms with Crippen LogP contribution in [-0.2, 0) is 10.2 Å². The average Bonchev–Trinajstić information content (AvgIpc) is 3.03. The molecule has 0 radical (unpaired) electrons. The monoisotopic (exact) mass is 340 g/mol. The number of nitrogens with one attached hydrogen (secondary N) is 2. The zero-order valence-corrected chi connectivity index (χ0v) is 15.4. The Morgan fingerprint density at radius 1 is 1.35 bits per heavy atom. The Balaban J connectivity index is 0.00000264. The number of carbonyl (C=O) groups excluding carboxylic acids is 1. The van der Waals surface area contributed by atoms with Gasteiger partial charge in [0.1, 0.15) is 5.75 Å². The average molecular weight is 341 g/mol. The number of rotatable bonds is 6. The summed E-state index contributed by atoms with van der Waals surface area (Å²) >= 11 is 0. The predicted octanol–water partition coefficient (Wildman–Crippen LogP) is 2.96. The number of methoxy groups -OCH3 is 1. The van der Waals surface area contributed by atoms with Gasteiger partial charge in [0.05, 0.1) is 12.5 Å². The molecule has 0 aliphatic heterocycles. The number of carbonyl (C=O) groups is 1. The minimum Gasteiger partial charge on any atom is -0.496 e. The van der Waals surface area contributed by atoms with Gasteiger partial charge in [-0.05, 0) is 50.9 Å². The maximum Gasteiger partial charge on any atom is 0.230 e. The first-order valence-electron chi connectivity index (χ1n) is 8.14. The van der Waals surface area contributed by atoms with Crippen LogP contribution in [0, 0.1) is 6.92 Å². The van der Waals surface area contributed by atoms with E-state index >= 15 is 0 Å². The van der Waals surface area contributed by atoms with Crippen molar-refractivity contribution in [3.63, 3.8) is 0 Å². The topological polar surface area (TPSA) is 50.4 Å². The van der Waals surface area contributed by atoms with Gasteiger partial charge < -0.3 is 15.4 Å². The van der Waals surface area contributed by atoms with Crippen LogP contribution in [0.4, 0.5) is 0 Å². The minimum atomic E-state index is -0.394. The van der Waals surface area contributed by atoms with Gasteiger partial charge in [0.15, 0.2) is 0 Å². The Bertz CT molecular complexity index is 528. The summed E-state index contributed by atoms with van der Waals surface area (Å²) in [4.78, 5) is 12.9. The highest BCUT2D eigenvalue weighted by molar-refractivity contribution is 5.88. The van der Waals surface area contributed by atoms with Crippen LogP contribution in [0.25, 0.3) is 0 Å². The molecule has 5 heteroatoms. The van der Waals surface area contributed by atoms with Gasteiger partial charge in [-0.3, -0.25) is 4.79 Å². The number of likely N-dealkylation sites (N-methyl/N-ethyl adjacent to an activating group) is 1. The lowest BCUT2D eigenvalue weighted by molar-refractivity contribution is -0.126. The fourth-order valence-corrected chi connectivity index (χ4v) is 3.26. The lowest BCUT2D eigenvalue weighted by Crippen LogP contribution is -2.46. The third-order valence-electron chi connectivity index (χ3n) is 4.91. The lowest BCUT2D eigenvalue weighted by atomic mass is 9.77. The van der Waals surface area contributed by atoms with Gasteiger partial charge in [0.25, 0.3) is 0 Å². The smallest absolute Gasteiger partial charge is 0.230 e. The van der Waals surface area contributed by atoms with E-state index in [1.165, 1.54) is 0 Å². The molecule has 2 rings (SSSR count). The largest absolute Gasteiger partial charge is 0.496 e. The first-order valence-corrected chi connectivity index (χ1v) is 8.14. The second-order valence-corrected chi connectivity index (χ2v) is 6.37. The maximum absolute atomic E-state index is 12.9. The van der Waals surface area contributed by atoms with Gasteiger partial charge in [0.2, 0.25) is 5.91 Å². The van der Waals surface area contributed by atoms with E-state index in [1.54, 1.807) is 7.11 Å². The number of benzene rings is 1. The Morgan fingerprint density at radius 3 is 2.57 bits per heavy atom. The number of ether oxygens (including phenoxy) is 1. The van der Waals surface area contributed by atoms with Crippen molar-refractivity contribution in [1.29, 1.82) is 0 Å². The number of amides is 1. The number of hydrogen-bond donors (Lipinski definition) is 2. The van der Waals surface area contributed by atoms with Crippen LogP contribution in [-0.4, -0.2) is 32.7 Å². The molecule has 130 valence electrons. The van der Waals surface area contributed by atoms with Crippen molar-refractivity contribution in [1.82, 2.24) is 10.6 Å². The molecule has 1 atom stereocenters. The van der Waals surface area contributed by atoms with Gasteiger partial charge in [-0.15, -0.1) is 12.4 Å². The van der Waals surface area contributed by atoms with E-state index in [0.717, 1.165) is 42.6 Å². The minimum absolute atomic E-state index is 0. The zero-order chi connectivity index (χ0) is 16.2. The van der Waals surface area contributed by atoms with Crippen LogP contribution in [0.3, 0.4) is 0 Å². The number of halogens is 1. The molecule has 0 saturated heterocycles. The SMILES string of the molecule is CNC(C)CNC(=O)C1(c2ccc(C)c(OC)c2)CCCC1.Cl. The molecule has 1 aliphatic carbocycles. The van der Waals surface area contributed by atoms with Crippen LogP contribution < -0.4 is 15.4 Å². The number of aryl methyl sites for hydroxylation is 1. The standard InChI is InChI=1S/C18H28N2O2.ClH/c1-13-7-8-15(11-16(13)22-4)18(9-5-6-10-18)17(21)20-12-14(2)19-3;/h7-8,11,14,19H,5-6,9-10,12H2,1-4H3,(H,20,21);1H. The van der Waals surface area contributed by atoms with Crippen LogP contribution in [0.2, 0.25) is 0 Å². The Morgan fingerprint density at radius 2 is 2.00 bits per heavy atom. The number of hydrogen-bond acceptors (Lipinski definition) is 3. The molecule has 0 bridgehead atoms. The predicted molar refractivity (Wildman–Crippen MR) is 96.7 cm³/mol. The highest BCUT2D eigenvalue weighted by atomic mass is 35.5. The molecule has 23 heavy (non-hydrogen) atoms. The highest BCUT2D eigenvalue weighted by Gasteiger charge is 2.42. The van der Waals surface area contributed by atoms with Gasteiger partial charge in [0, 0.05) is 12.6 Å². The molecule has 1 unspecified atom stereocenters. The molecule has 1 saturated carbocycles. The summed E-state index contributed by atoms with van der Waals surface area (Å²) in [7, 11) is 3.59. The van der Waals surface area contributed by atoms with E-state index in [-0.39, 0.29) is 24.4 Å². The fourth-order valence-electron chi connectivity index (χ4n) is 3.26. The Kier molecular flexibility index (Phi) is 7.36. The van der Waals surface area contributed by atoms with Crippen LogP contribution >= 0.6 is 12.4 Å². The normalized spacial score (nSPS) is 17.2. The van der Waals surface area contributed by atoms with E-state index < -0.39 is 5.41 Å². The van der Waals surface area contributed by atoms with E-state index in [1.807, 2.05) is 20.0 Å². The van der Waals surface area contributed by atoms with Gasteiger partial charge in [-0.25, -0.2) is 0 Å². The van der Waals surface area contributed by atoms with E-state index in [4.69, 9.17) is 4.74 Å². The summed E-state index contributed by atoms with van der Waals surface area (Å²) in [5, 5.41) is 6.28. The second kappa shape index (κ2) is 8.55. The van der Waals surface area contributed by atoms with Gasteiger partial charge in [-0.1, -0.05) is 25.0 Å². The van der Waals surface area contributed by atoms with Crippen molar-refractivity contribution in [3.05, 3.63) is 29.3 Å². The zero-order valence-electron chi connectivity index (χ0n) is 14.6. The van der Waals surface area contributed by atoms with Crippen molar-refractivity contribution >= 4 is 18.3 Å². The molecule has 1 aromatic carbocycles. The first kappa shape index (κ1) is 19.8. The molecule has 1 aliphatic rings. The lowest BCUT2D eigenvalue weighted by Gasteiger charge is -2.29. The molecule has 4 nitrogen and oxygen atoms in total. The van der Waals surface area contributed by atoms with Crippen molar-refractivity contribution in [2.75, 3.05) is 20.7 Å². The molecule has 0 spiro atoms. The van der Waals surface area contributed by atoms with Gasteiger partial charge >= 0.3 is 0 Å². The van der Waals surface area contributed by atoms with Crippen LogP contribution in [0.15, 0.2) is 18.2 Å². The van der Waals surface area contributed by atoms with E-state index in [0.29, 0.717) is 6.54 Å². The Hall–Kier alpha value is -1.26. The molecule has 2 N–H and O–H groups in total. The molecule has 1 fully saturated rings. The molecule has 1 amide bonds. The summed E-state index contributed by atoms with van der Waals surface area (Å²) in [5.74, 6) is 1.01. The first-order chi connectivity index (χ1) is 10.5. The van der Waals surface area contributed by atoms with E-state index in [2.05, 4.69) is 29.7 Å². The third kappa shape index (κ3) is 4.18. The maximum atomic E-state index is 12.9. The molecule has 0 aromatic heterocycles. The molecular formula is C18H29ClN2O2. The molecular weight excluding hydrogens is 312 g/mol. The fraction of sp³-hybridized carbons (Fsp3) is 0.611. The third-order valence-corrected chi connectivity index (χ3v) is 4.91. The van der Waals surface area contributed by atoms with E-state index in [9.17, 15) is 4.79 Å². The van der Waals surface area contributed by atoms with Gasteiger partial charge in [-0.2, -0.15) is 0 Å². The Labute approximate surface area is 145 Å². The summed E-state index contributed by atoms with van der Waals surface area (Å²) in [5.41, 5.74) is 1.79. The highest BCUT2D eigenvalue weighted by Crippen LogP contribution is 2.42. The summed E-state index contributed by atoms with van der Waals surface area (Å²) in [6.07, 6.45) is 4.04. The summed E-state index contributed by atoms with van der Waals surface area (Å²) in [6, 6.07) is 6.46. The summed E-state index contributed by atoms with van der Waals surface area (Å²) < 4.78 is 5.44. The van der Waals surface area contributed by atoms with Crippen LogP contribution in [0.5, 0.6) is 5.75 Å². The molecule has 0 heterocycles. The van der Waals surface area contributed by atoms with Crippen molar-refractivity contribution in [2.24, 2.45) is 0 Å². The van der Waals surface area contributed by atoms with Crippen molar-refractivity contribution in [2.45, 2.75) is 51.0 Å². The van der Waals surface area contributed by atoms with Crippen LogP contribution in [0.1, 0.15) is 43.7 Å². The summed E-state index contributed by atoms with van der Waals surface area (Å²) in [6.45, 7) is 4.75. The van der Waals surface area contributed by atoms with Crippen molar-refractivity contribution in [3.8, 4) is 5.75 Å².